The number of methoxy groups -OCH3 is 1. The van der Waals surface area contributed by atoms with Crippen molar-refractivity contribution in [2.24, 2.45) is 0 Å². The number of hydrogen-bond acceptors (Lipinski definition) is 5. The predicted molar refractivity (Wildman–Crippen MR) is 107 cm³/mol. The third kappa shape index (κ3) is 3.36. The average Bonchev–Trinajstić information content (AvgIpc) is 2.89. The van der Waals surface area contributed by atoms with Gasteiger partial charge >= 0.3 is 5.97 Å². The lowest BCUT2D eigenvalue weighted by Gasteiger charge is -2.17. The highest BCUT2D eigenvalue weighted by Gasteiger charge is 2.34. The molecule has 1 aliphatic heterocycles. The van der Waals surface area contributed by atoms with E-state index in [2.05, 4.69) is 0 Å². The van der Waals surface area contributed by atoms with Gasteiger partial charge in [0.1, 0.15) is 5.75 Å². The molecular formula is C19H15NO4S2. The van der Waals surface area contributed by atoms with Gasteiger partial charge in [0.15, 0.2) is 4.32 Å². The first-order valence-electron chi connectivity index (χ1n) is 7.67. The summed E-state index contributed by atoms with van der Waals surface area (Å²) < 4.78 is 5.68. The largest absolute Gasteiger partial charge is 0.496 e. The molecule has 0 atom stereocenters. The highest BCUT2D eigenvalue weighted by Crippen LogP contribution is 2.38. The minimum absolute atomic E-state index is 0.105. The number of hydrogen-bond donors (Lipinski definition) is 1. The summed E-state index contributed by atoms with van der Waals surface area (Å²) in [6, 6.07) is 12.0. The molecule has 0 aromatic heterocycles. The molecule has 0 radical (unpaired) electrons. The number of benzene rings is 2. The van der Waals surface area contributed by atoms with Crippen LogP contribution in [0.4, 0.5) is 5.69 Å². The maximum atomic E-state index is 12.9. The zero-order valence-corrected chi connectivity index (χ0v) is 15.7. The fraction of sp³-hybridized carbons (Fsp3) is 0.105. The van der Waals surface area contributed by atoms with Gasteiger partial charge in [-0.25, -0.2) is 4.79 Å². The molecule has 2 aromatic carbocycles. The van der Waals surface area contributed by atoms with Crippen LogP contribution in [-0.2, 0) is 4.79 Å². The molecule has 1 fully saturated rings. The molecule has 2 aromatic rings. The van der Waals surface area contributed by atoms with Gasteiger partial charge < -0.3 is 9.84 Å². The fourth-order valence-electron chi connectivity index (χ4n) is 2.59. The molecule has 0 saturated carbocycles. The zero-order chi connectivity index (χ0) is 18.8. The predicted octanol–water partition coefficient (Wildman–Crippen LogP) is 4.11. The Bertz CT molecular complexity index is 952. The average molecular weight is 385 g/mol. The molecule has 1 amide bonds. The van der Waals surface area contributed by atoms with Gasteiger partial charge in [0.25, 0.3) is 5.91 Å². The van der Waals surface area contributed by atoms with Crippen molar-refractivity contribution in [3.63, 3.8) is 0 Å². The van der Waals surface area contributed by atoms with Crippen LogP contribution in [0, 0.1) is 6.92 Å². The van der Waals surface area contributed by atoms with E-state index in [1.165, 1.54) is 28.8 Å². The maximum absolute atomic E-state index is 12.9. The van der Waals surface area contributed by atoms with E-state index < -0.39 is 5.97 Å². The van der Waals surface area contributed by atoms with Crippen molar-refractivity contribution >= 4 is 51.9 Å². The second-order valence-corrected chi connectivity index (χ2v) is 7.24. The minimum Gasteiger partial charge on any atom is -0.496 e. The lowest BCUT2D eigenvalue weighted by molar-refractivity contribution is -0.113. The molecule has 26 heavy (non-hydrogen) atoms. The minimum atomic E-state index is -1.05. The summed E-state index contributed by atoms with van der Waals surface area (Å²) in [6.45, 7) is 1.81. The standard InChI is InChI=1S/C19H15NO4S2/c1-11-7-8-13(18(22)23)9-14(11)20-17(21)16(26-19(20)25)10-12-5-3-4-6-15(12)24-2/h3-10H,1-2H3,(H,22,23). The lowest BCUT2D eigenvalue weighted by atomic mass is 10.1. The van der Waals surface area contributed by atoms with Crippen LogP contribution in [0.1, 0.15) is 21.5 Å². The van der Waals surface area contributed by atoms with Crippen molar-refractivity contribution in [3.8, 4) is 5.75 Å². The van der Waals surface area contributed by atoms with E-state index in [-0.39, 0.29) is 11.5 Å². The molecule has 132 valence electrons. The molecule has 0 unspecified atom stereocenters. The van der Waals surface area contributed by atoms with Crippen LogP contribution in [0.5, 0.6) is 5.75 Å². The van der Waals surface area contributed by atoms with E-state index in [0.29, 0.717) is 20.7 Å². The third-order valence-corrected chi connectivity index (χ3v) is 5.22. The first-order chi connectivity index (χ1) is 12.4. The number of carboxylic acid groups (broad SMARTS) is 1. The topological polar surface area (TPSA) is 66.8 Å². The van der Waals surface area contributed by atoms with E-state index in [9.17, 15) is 14.7 Å². The Balaban J connectivity index is 2.01. The van der Waals surface area contributed by atoms with Gasteiger partial charge in [-0.2, -0.15) is 0 Å². The second kappa shape index (κ2) is 7.31. The smallest absolute Gasteiger partial charge is 0.335 e. The normalized spacial score (nSPS) is 15.6. The summed E-state index contributed by atoms with van der Waals surface area (Å²) in [4.78, 5) is 26.0. The molecule has 0 spiro atoms. The number of carboxylic acids is 1. The Kier molecular flexibility index (Phi) is 5.11. The Hall–Kier alpha value is -2.64. The van der Waals surface area contributed by atoms with Gasteiger partial charge in [0.2, 0.25) is 0 Å². The number of amides is 1. The number of anilines is 1. The van der Waals surface area contributed by atoms with E-state index in [1.54, 1.807) is 19.3 Å². The van der Waals surface area contributed by atoms with Gasteiger partial charge in [-0.15, -0.1) is 0 Å². The summed E-state index contributed by atoms with van der Waals surface area (Å²) in [5.74, 6) is -0.681. The first-order valence-corrected chi connectivity index (χ1v) is 8.89. The van der Waals surface area contributed by atoms with Crippen molar-refractivity contribution in [3.05, 3.63) is 64.1 Å². The van der Waals surface area contributed by atoms with Crippen LogP contribution in [-0.4, -0.2) is 28.4 Å². The zero-order valence-electron chi connectivity index (χ0n) is 14.1. The molecule has 7 heteroatoms. The number of ether oxygens (including phenoxy) is 1. The summed E-state index contributed by atoms with van der Waals surface area (Å²) in [5, 5.41) is 9.21. The van der Waals surface area contributed by atoms with Crippen LogP contribution >= 0.6 is 24.0 Å². The van der Waals surface area contributed by atoms with Crippen molar-refractivity contribution in [2.75, 3.05) is 12.0 Å². The van der Waals surface area contributed by atoms with Crippen LogP contribution in [0.3, 0.4) is 0 Å². The molecule has 1 N–H and O–H groups in total. The quantitative estimate of drug-likeness (QED) is 0.631. The van der Waals surface area contributed by atoms with Crippen molar-refractivity contribution in [1.82, 2.24) is 0 Å². The summed E-state index contributed by atoms with van der Waals surface area (Å²) >= 11 is 6.55. The Morgan fingerprint density at radius 2 is 2.00 bits per heavy atom. The van der Waals surface area contributed by atoms with E-state index in [1.807, 2.05) is 31.2 Å². The Morgan fingerprint density at radius 3 is 2.69 bits per heavy atom. The maximum Gasteiger partial charge on any atom is 0.335 e. The lowest BCUT2D eigenvalue weighted by Crippen LogP contribution is -2.28. The van der Waals surface area contributed by atoms with E-state index in [4.69, 9.17) is 17.0 Å². The molecular weight excluding hydrogens is 370 g/mol. The molecule has 0 aliphatic carbocycles. The molecule has 1 aliphatic rings. The summed E-state index contributed by atoms with van der Waals surface area (Å²) in [7, 11) is 1.57. The van der Waals surface area contributed by atoms with E-state index >= 15 is 0 Å². The SMILES string of the molecule is COc1ccccc1C=C1SC(=S)N(c2cc(C(=O)O)ccc2C)C1=O. The summed E-state index contributed by atoms with van der Waals surface area (Å²) in [5.41, 5.74) is 2.13. The monoisotopic (exact) mass is 385 g/mol. The number of rotatable bonds is 4. The molecule has 0 bridgehead atoms. The van der Waals surface area contributed by atoms with Gasteiger partial charge in [0, 0.05) is 5.56 Å². The van der Waals surface area contributed by atoms with Gasteiger partial charge in [-0.3, -0.25) is 9.69 Å². The number of aromatic carboxylic acids is 1. The van der Waals surface area contributed by atoms with Crippen LogP contribution in [0.15, 0.2) is 47.4 Å². The highest BCUT2D eigenvalue weighted by molar-refractivity contribution is 8.27. The molecule has 5 nitrogen and oxygen atoms in total. The number of carbonyl (C=O) groups is 2. The number of carbonyl (C=O) groups excluding carboxylic acids is 1. The van der Waals surface area contributed by atoms with Gasteiger partial charge in [-0.1, -0.05) is 48.2 Å². The first kappa shape index (κ1) is 18.2. The third-order valence-electron chi connectivity index (χ3n) is 3.92. The van der Waals surface area contributed by atoms with Crippen LogP contribution in [0.25, 0.3) is 6.08 Å². The number of para-hydroxylation sites is 1. The number of aryl methyl sites for hydroxylation is 1. The van der Waals surface area contributed by atoms with E-state index in [0.717, 1.165) is 11.1 Å². The van der Waals surface area contributed by atoms with Crippen LogP contribution in [0.2, 0.25) is 0 Å². The van der Waals surface area contributed by atoms with Crippen molar-refractivity contribution < 1.29 is 19.4 Å². The fourth-order valence-corrected chi connectivity index (χ4v) is 3.86. The van der Waals surface area contributed by atoms with Crippen molar-refractivity contribution in [2.45, 2.75) is 6.92 Å². The molecule has 3 rings (SSSR count). The second-order valence-electron chi connectivity index (χ2n) is 5.57. The van der Waals surface area contributed by atoms with Gasteiger partial charge in [0.05, 0.1) is 23.3 Å². The molecule has 1 heterocycles. The molecule has 1 saturated heterocycles. The highest BCUT2D eigenvalue weighted by atomic mass is 32.2. The number of thiocarbonyl (C=S) groups is 1. The number of thioether (sulfide) groups is 1. The Labute approximate surface area is 160 Å². The van der Waals surface area contributed by atoms with Crippen molar-refractivity contribution in [1.29, 1.82) is 0 Å². The summed E-state index contributed by atoms with van der Waals surface area (Å²) in [6.07, 6.45) is 1.73. The Morgan fingerprint density at radius 1 is 1.27 bits per heavy atom. The van der Waals surface area contributed by atoms with Crippen LogP contribution < -0.4 is 9.64 Å². The van der Waals surface area contributed by atoms with Gasteiger partial charge in [-0.05, 0) is 36.8 Å². The number of nitrogens with zero attached hydrogens (tertiary/aromatic N) is 1.